The Balaban J connectivity index is 1.43. The molecule has 1 aliphatic heterocycles. The van der Waals surface area contributed by atoms with Crippen molar-refractivity contribution in [1.82, 2.24) is 19.9 Å². The number of aromatic amines is 1. The van der Waals surface area contributed by atoms with Crippen molar-refractivity contribution in [2.45, 2.75) is 39.3 Å². The van der Waals surface area contributed by atoms with Crippen molar-refractivity contribution < 1.29 is 4.74 Å². The van der Waals surface area contributed by atoms with E-state index in [0.29, 0.717) is 12.4 Å². The molecule has 0 bridgehead atoms. The zero-order chi connectivity index (χ0) is 20.1. The van der Waals surface area contributed by atoms with Gasteiger partial charge in [0.15, 0.2) is 0 Å². The van der Waals surface area contributed by atoms with Crippen LogP contribution in [0.4, 0.5) is 0 Å². The predicted molar refractivity (Wildman–Crippen MR) is 113 cm³/mol. The number of ether oxygens (including phenoxy) is 1. The standard InChI is InChI=1S/C23H26N4O2/c1-2-3-13-29-19-8-6-17(7-9-19)15-27-12-10-21-20(16-27)23(28)26-22(25-21)18-5-4-11-24-14-18/h4-9,11,14H,2-3,10,12-13,15-16H2,1H3,(H,25,26,28). The highest BCUT2D eigenvalue weighted by Crippen LogP contribution is 2.20. The quantitative estimate of drug-likeness (QED) is 0.625. The molecule has 0 radical (unpaired) electrons. The SMILES string of the molecule is CCCCOc1ccc(CN2CCc3nc(-c4cccnc4)[nH]c(=O)c3C2)cc1. The summed E-state index contributed by atoms with van der Waals surface area (Å²) in [5.74, 6) is 1.50. The van der Waals surface area contributed by atoms with Gasteiger partial charge in [-0.15, -0.1) is 0 Å². The van der Waals surface area contributed by atoms with Crippen LogP contribution in [0.3, 0.4) is 0 Å². The van der Waals surface area contributed by atoms with Crippen LogP contribution in [0.25, 0.3) is 11.4 Å². The van der Waals surface area contributed by atoms with Gasteiger partial charge in [-0.25, -0.2) is 4.98 Å². The van der Waals surface area contributed by atoms with Crippen LogP contribution in [0.2, 0.25) is 0 Å². The summed E-state index contributed by atoms with van der Waals surface area (Å²) >= 11 is 0. The normalized spacial score (nSPS) is 13.8. The summed E-state index contributed by atoms with van der Waals surface area (Å²) in [5, 5.41) is 0. The number of fused-ring (bicyclic) bond motifs is 1. The molecule has 29 heavy (non-hydrogen) atoms. The van der Waals surface area contributed by atoms with Crippen molar-refractivity contribution in [3.05, 3.63) is 76.0 Å². The Morgan fingerprint density at radius 1 is 1.21 bits per heavy atom. The van der Waals surface area contributed by atoms with Crippen molar-refractivity contribution in [3.63, 3.8) is 0 Å². The van der Waals surface area contributed by atoms with Gasteiger partial charge < -0.3 is 9.72 Å². The first-order chi connectivity index (χ1) is 14.2. The van der Waals surface area contributed by atoms with Gasteiger partial charge >= 0.3 is 0 Å². The second-order valence-corrected chi connectivity index (χ2v) is 7.39. The molecule has 0 saturated heterocycles. The average Bonchev–Trinajstić information content (AvgIpc) is 2.76. The molecule has 6 nitrogen and oxygen atoms in total. The number of nitrogens with zero attached hydrogens (tertiary/aromatic N) is 3. The fraction of sp³-hybridized carbons (Fsp3) is 0.348. The summed E-state index contributed by atoms with van der Waals surface area (Å²) in [7, 11) is 0. The van der Waals surface area contributed by atoms with Crippen molar-refractivity contribution in [3.8, 4) is 17.1 Å². The zero-order valence-corrected chi connectivity index (χ0v) is 16.7. The second-order valence-electron chi connectivity index (χ2n) is 7.39. The van der Waals surface area contributed by atoms with Gasteiger partial charge in [0.05, 0.1) is 17.9 Å². The monoisotopic (exact) mass is 390 g/mol. The van der Waals surface area contributed by atoms with Gasteiger partial charge in [0.25, 0.3) is 5.56 Å². The van der Waals surface area contributed by atoms with E-state index in [0.717, 1.165) is 61.5 Å². The third-order valence-corrected chi connectivity index (χ3v) is 5.18. The largest absolute Gasteiger partial charge is 0.494 e. The molecule has 1 N–H and O–H groups in total. The average molecular weight is 390 g/mol. The number of rotatable bonds is 7. The third kappa shape index (κ3) is 4.71. The summed E-state index contributed by atoms with van der Waals surface area (Å²) in [6, 6.07) is 12.0. The number of nitrogens with one attached hydrogen (secondary N) is 1. The predicted octanol–water partition coefficient (Wildman–Crippen LogP) is 3.57. The molecule has 1 aromatic carbocycles. The van der Waals surface area contributed by atoms with Crippen LogP contribution >= 0.6 is 0 Å². The zero-order valence-electron chi connectivity index (χ0n) is 16.7. The number of pyridine rings is 1. The maximum Gasteiger partial charge on any atom is 0.255 e. The Hall–Kier alpha value is -2.99. The summed E-state index contributed by atoms with van der Waals surface area (Å²) in [6.45, 7) is 5.21. The first-order valence-electron chi connectivity index (χ1n) is 10.2. The molecular formula is C23H26N4O2. The Labute approximate surface area is 170 Å². The number of H-pyrrole nitrogens is 1. The first-order valence-corrected chi connectivity index (χ1v) is 10.2. The first kappa shape index (κ1) is 19.3. The van der Waals surface area contributed by atoms with Gasteiger partial charge in [-0.05, 0) is 36.2 Å². The molecule has 0 spiro atoms. The Kier molecular flexibility index (Phi) is 6.00. The van der Waals surface area contributed by atoms with Crippen LogP contribution in [0.15, 0.2) is 53.6 Å². The minimum Gasteiger partial charge on any atom is -0.494 e. The van der Waals surface area contributed by atoms with Gasteiger partial charge in [-0.1, -0.05) is 25.5 Å². The summed E-state index contributed by atoms with van der Waals surface area (Å²) in [5.41, 5.74) is 3.65. The topological polar surface area (TPSA) is 71.1 Å². The second kappa shape index (κ2) is 9.01. The van der Waals surface area contributed by atoms with Crippen molar-refractivity contribution in [1.29, 1.82) is 0 Å². The van der Waals surface area contributed by atoms with Gasteiger partial charge in [0.2, 0.25) is 0 Å². The van der Waals surface area contributed by atoms with E-state index in [2.05, 4.69) is 33.9 Å². The molecule has 3 heterocycles. The maximum atomic E-state index is 12.7. The van der Waals surface area contributed by atoms with E-state index in [-0.39, 0.29) is 5.56 Å². The molecule has 0 unspecified atom stereocenters. The molecule has 0 atom stereocenters. The van der Waals surface area contributed by atoms with Crippen LogP contribution in [-0.4, -0.2) is 33.0 Å². The van der Waals surface area contributed by atoms with E-state index in [9.17, 15) is 4.79 Å². The van der Waals surface area contributed by atoms with Crippen molar-refractivity contribution in [2.75, 3.05) is 13.2 Å². The molecule has 3 aromatic rings. The Morgan fingerprint density at radius 2 is 2.07 bits per heavy atom. The molecule has 0 aliphatic carbocycles. The number of unbranched alkanes of at least 4 members (excludes halogenated alkanes) is 1. The van der Waals surface area contributed by atoms with E-state index in [1.165, 1.54) is 5.56 Å². The van der Waals surface area contributed by atoms with E-state index in [1.54, 1.807) is 12.4 Å². The number of aromatic nitrogens is 3. The molecule has 0 amide bonds. The lowest BCUT2D eigenvalue weighted by Gasteiger charge is -2.27. The van der Waals surface area contributed by atoms with E-state index >= 15 is 0 Å². The molecular weight excluding hydrogens is 364 g/mol. The molecule has 6 heteroatoms. The molecule has 0 fully saturated rings. The van der Waals surface area contributed by atoms with Crippen LogP contribution in [0.5, 0.6) is 5.75 Å². The summed E-state index contributed by atoms with van der Waals surface area (Å²) in [4.78, 5) is 26.7. The number of benzene rings is 1. The Bertz CT molecular complexity index is 1000. The van der Waals surface area contributed by atoms with Crippen LogP contribution in [0, 0.1) is 0 Å². The number of hydrogen-bond donors (Lipinski definition) is 1. The molecule has 150 valence electrons. The molecule has 4 rings (SSSR count). The van der Waals surface area contributed by atoms with Crippen LogP contribution in [-0.2, 0) is 19.5 Å². The smallest absolute Gasteiger partial charge is 0.255 e. The molecule has 2 aromatic heterocycles. The highest BCUT2D eigenvalue weighted by Gasteiger charge is 2.21. The Morgan fingerprint density at radius 3 is 2.83 bits per heavy atom. The lowest BCUT2D eigenvalue weighted by molar-refractivity contribution is 0.241. The van der Waals surface area contributed by atoms with E-state index < -0.39 is 0 Å². The minimum absolute atomic E-state index is 0.0572. The summed E-state index contributed by atoms with van der Waals surface area (Å²) < 4.78 is 5.73. The highest BCUT2D eigenvalue weighted by atomic mass is 16.5. The van der Waals surface area contributed by atoms with Gasteiger partial charge in [0.1, 0.15) is 11.6 Å². The molecule has 1 aliphatic rings. The van der Waals surface area contributed by atoms with Gasteiger partial charge in [0, 0.05) is 44.0 Å². The minimum atomic E-state index is -0.0572. The fourth-order valence-corrected chi connectivity index (χ4v) is 3.54. The third-order valence-electron chi connectivity index (χ3n) is 5.18. The van der Waals surface area contributed by atoms with Gasteiger partial charge in [-0.2, -0.15) is 0 Å². The van der Waals surface area contributed by atoms with Crippen LogP contribution < -0.4 is 10.3 Å². The van der Waals surface area contributed by atoms with Gasteiger partial charge in [-0.3, -0.25) is 14.7 Å². The highest BCUT2D eigenvalue weighted by molar-refractivity contribution is 5.53. The fourth-order valence-electron chi connectivity index (χ4n) is 3.54. The maximum absolute atomic E-state index is 12.7. The van der Waals surface area contributed by atoms with Crippen molar-refractivity contribution >= 4 is 0 Å². The van der Waals surface area contributed by atoms with Crippen molar-refractivity contribution in [2.24, 2.45) is 0 Å². The van der Waals surface area contributed by atoms with Crippen LogP contribution in [0.1, 0.15) is 36.6 Å². The van der Waals surface area contributed by atoms with E-state index in [4.69, 9.17) is 9.72 Å². The van der Waals surface area contributed by atoms with E-state index in [1.807, 2.05) is 24.3 Å². The lowest BCUT2D eigenvalue weighted by atomic mass is 10.1. The number of hydrogen-bond acceptors (Lipinski definition) is 5. The summed E-state index contributed by atoms with van der Waals surface area (Å²) in [6.07, 6.45) is 6.40. The molecule has 0 saturated carbocycles. The lowest BCUT2D eigenvalue weighted by Crippen LogP contribution is -2.35.